The molecule has 0 aliphatic carbocycles. The highest BCUT2D eigenvalue weighted by molar-refractivity contribution is 5.86. The SMILES string of the molecule is COc1cccc2cc(N(C)C3CCN(C(=O)OC(C)(C)C)CC3)cnc12. The summed E-state index contributed by atoms with van der Waals surface area (Å²) in [6.45, 7) is 7.10. The van der Waals surface area contributed by atoms with Gasteiger partial charge in [0.15, 0.2) is 0 Å². The smallest absolute Gasteiger partial charge is 0.410 e. The number of carbonyl (C=O) groups excluding carboxylic acids is 1. The number of fused-ring (bicyclic) bond motifs is 1. The van der Waals surface area contributed by atoms with Crippen LogP contribution in [0.3, 0.4) is 0 Å². The summed E-state index contributed by atoms with van der Waals surface area (Å²) in [6, 6.07) is 8.46. The van der Waals surface area contributed by atoms with Crippen LogP contribution in [-0.2, 0) is 4.74 Å². The van der Waals surface area contributed by atoms with E-state index in [0.717, 1.165) is 35.2 Å². The number of rotatable bonds is 3. The van der Waals surface area contributed by atoms with Crippen molar-refractivity contribution in [1.29, 1.82) is 0 Å². The Balaban J connectivity index is 1.66. The lowest BCUT2D eigenvalue weighted by Gasteiger charge is -2.38. The van der Waals surface area contributed by atoms with Crippen LogP contribution in [0.1, 0.15) is 33.6 Å². The number of pyridine rings is 1. The van der Waals surface area contributed by atoms with E-state index in [9.17, 15) is 4.79 Å². The molecule has 6 nitrogen and oxygen atoms in total. The van der Waals surface area contributed by atoms with Crippen LogP contribution in [0.15, 0.2) is 30.5 Å². The second-order valence-corrected chi connectivity index (χ2v) is 8.03. The number of para-hydroxylation sites is 1. The lowest BCUT2D eigenvalue weighted by molar-refractivity contribution is 0.0205. The quantitative estimate of drug-likeness (QED) is 0.814. The first-order valence-corrected chi connectivity index (χ1v) is 9.42. The van der Waals surface area contributed by atoms with Crippen molar-refractivity contribution in [1.82, 2.24) is 9.88 Å². The zero-order chi connectivity index (χ0) is 19.6. The number of hydrogen-bond acceptors (Lipinski definition) is 5. The van der Waals surface area contributed by atoms with E-state index in [0.29, 0.717) is 19.1 Å². The van der Waals surface area contributed by atoms with E-state index in [-0.39, 0.29) is 6.09 Å². The normalized spacial score (nSPS) is 15.7. The Morgan fingerprint density at radius 2 is 1.96 bits per heavy atom. The van der Waals surface area contributed by atoms with Gasteiger partial charge in [0.1, 0.15) is 16.9 Å². The van der Waals surface area contributed by atoms with Gasteiger partial charge in [-0.1, -0.05) is 12.1 Å². The molecule has 146 valence electrons. The molecule has 1 aliphatic rings. The lowest BCUT2D eigenvalue weighted by Crippen LogP contribution is -2.47. The van der Waals surface area contributed by atoms with Crippen molar-refractivity contribution >= 4 is 22.7 Å². The van der Waals surface area contributed by atoms with Gasteiger partial charge in [0.05, 0.1) is 19.0 Å². The number of ether oxygens (including phenoxy) is 2. The summed E-state index contributed by atoms with van der Waals surface area (Å²) in [5, 5.41) is 1.06. The molecule has 0 radical (unpaired) electrons. The van der Waals surface area contributed by atoms with Crippen LogP contribution in [0, 0.1) is 0 Å². The second-order valence-electron chi connectivity index (χ2n) is 8.03. The maximum atomic E-state index is 12.2. The first-order valence-electron chi connectivity index (χ1n) is 9.42. The molecule has 6 heteroatoms. The molecule has 1 aromatic carbocycles. The van der Waals surface area contributed by atoms with E-state index < -0.39 is 5.60 Å². The highest BCUT2D eigenvalue weighted by Crippen LogP contribution is 2.28. The summed E-state index contributed by atoms with van der Waals surface area (Å²) in [7, 11) is 3.76. The Bertz CT molecular complexity index is 808. The van der Waals surface area contributed by atoms with E-state index in [1.165, 1.54) is 0 Å². The Morgan fingerprint density at radius 3 is 2.59 bits per heavy atom. The second kappa shape index (κ2) is 7.62. The number of methoxy groups -OCH3 is 1. The van der Waals surface area contributed by atoms with Crippen LogP contribution in [-0.4, -0.2) is 54.9 Å². The van der Waals surface area contributed by atoms with E-state index in [1.54, 1.807) is 12.0 Å². The molecule has 0 unspecified atom stereocenters. The zero-order valence-electron chi connectivity index (χ0n) is 16.9. The number of likely N-dealkylation sites (tertiary alicyclic amines) is 1. The standard InChI is InChI=1S/C21H29N3O3/c1-21(2,3)27-20(25)24-11-9-16(10-12-24)23(4)17-13-15-7-6-8-18(26-5)19(15)22-14-17/h6-8,13-14,16H,9-12H2,1-5H3. The Kier molecular flexibility index (Phi) is 5.44. The molecule has 2 heterocycles. The number of benzene rings is 1. The van der Waals surface area contributed by atoms with Gasteiger partial charge in [-0.15, -0.1) is 0 Å². The predicted octanol–water partition coefficient (Wildman–Crippen LogP) is 4.08. The summed E-state index contributed by atoms with van der Waals surface area (Å²) in [5.74, 6) is 0.785. The monoisotopic (exact) mass is 371 g/mol. The number of aromatic nitrogens is 1. The number of carbonyl (C=O) groups is 1. The molecule has 1 saturated heterocycles. The molecule has 0 N–H and O–H groups in total. The summed E-state index contributed by atoms with van der Waals surface area (Å²) >= 11 is 0. The Hall–Kier alpha value is -2.50. The third-order valence-electron chi connectivity index (χ3n) is 4.95. The van der Waals surface area contributed by atoms with Crippen molar-refractivity contribution in [3.8, 4) is 5.75 Å². The van der Waals surface area contributed by atoms with Crippen molar-refractivity contribution in [2.45, 2.75) is 45.3 Å². The van der Waals surface area contributed by atoms with Crippen LogP contribution in [0.5, 0.6) is 5.75 Å². The minimum Gasteiger partial charge on any atom is -0.494 e. The summed E-state index contributed by atoms with van der Waals surface area (Å²) in [6.07, 6.45) is 3.49. The fourth-order valence-electron chi connectivity index (χ4n) is 3.45. The van der Waals surface area contributed by atoms with Gasteiger partial charge >= 0.3 is 6.09 Å². The first kappa shape index (κ1) is 19.3. The zero-order valence-corrected chi connectivity index (χ0v) is 16.9. The van der Waals surface area contributed by atoms with Crippen molar-refractivity contribution in [3.05, 3.63) is 30.5 Å². The number of anilines is 1. The van der Waals surface area contributed by atoms with Crippen molar-refractivity contribution < 1.29 is 14.3 Å². The van der Waals surface area contributed by atoms with Crippen LogP contribution < -0.4 is 9.64 Å². The molecular formula is C21H29N3O3. The van der Waals surface area contributed by atoms with Gasteiger partial charge in [0.25, 0.3) is 0 Å². The molecule has 3 rings (SSSR count). The third kappa shape index (κ3) is 4.43. The average Bonchev–Trinajstić information content (AvgIpc) is 2.65. The molecule has 1 amide bonds. The molecule has 0 bridgehead atoms. The highest BCUT2D eigenvalue weighted by atomic mass is 16.6. The summed E-state index contributed by atoms with van der Waals surface area (Å²) in [4.78, 5) is 20.9. The Morgan fingerprint density at radius 1 is 1.26 bits per heavy atom. The topological polar surface area (TPSA) is 54.9 Å². The average molecular weight is 371 g/mol. The van der Waals surface area contributed by atoms with Gasteiger partial charge in [-0.05, 0) is 45.7 Å². The number of piperidine rings is 1. The minimum atomic E-state index is -0.456. The molecule has 1 fully saturated rings. The Labute approximate surface area is 161 Å². The van der Waals surface area contributed by atoms with E-state index >= 15 is 0 Å². The molecule has 0 spiro atoms. The molecule has 2 aromatic rings. The van der Waals surface area contributed by atoms with E-state index in [2.05, 4.69) is 23.0 Å². The molecule has 0 saturated carbocycles. The number of amides is 1. The maximum Gasteiger partial charge on any atom is 0.410 e. The number of hydrogen-bond donors (Lipinski definition) is 0. The predicted molar refractivity (Wildman–Crippen MR) is 108 cm³/mol. The van der Waals surface area contributed by atoms with Gasteiger partial charge < -0.3 is 19.3 Å². The molecule has 0 atom stereocenters. The highest BCUT2D eigenvalue weighted by Gasteiger charge is 2.28. The van der Waals surface area contributed by atoms with Crippen molar-refractivity contribution in [2.24, 2.45) is 0 Å². The van der Waals surface area contributed by atoms with Gasteiger partial charge in [0.2, 0.25) is 0 Å². The summed E-state index contributed by atoms with van der Waals surface area (Å²) < 4.78 is 10.9. The fraction of sp³-hybridized carbons (Fsp3) is 0.524. The van der Waals surface area contributed by atoms with E-state index in [1.807, 2.05) is 45.2 Å². The molecule has 1 aliphatic heterocycles. The van der Waals surface area contributed by atoms with Gasteiger partial charge in [-0.25, -0.2) is 4.79 Å². The molecular weight excluding hydrogens is 342 g/mol. The van der Waals surface area contributed by atoms with Crippen LogP contribution in [0.4, 0.5) is 10.5 Å². The first-order chi connectivity index (χ1) is 12.8. The van der Waals surface area contributed by atoms with Crippen molar-refractivity contribution in [2.75, 3.05) is 32.1 Å². The van der Waals surface area contributed by atoms with Crippen LogP contribution in [0.2, 0.25) is 0 Å². The van der Waals surface area contributed by atoms with Gasteiger partial charge in [-0.3, -0.25) is 4.98 Å². The van der Waals surface area contributed by atoms with Crippen LogP contribution in [0.25, 0.3) is 10.9 Å². The van der Waals surface area contributed by atoms with E-state index in [4.69, 9.17) is 9.47 Å². The van der Waals surface area contributed by atoms with Gasteiger partial charge in [-0.2, -0.15) is 0 Å². The summed E-state index contributed by atoms with van der Waals surface area (Å²) in [5.41, 5.74) is 1.49. The fourth-order valence-corrected chi connectivity index (χ4v) is 3.45. The molecule has 1 aromatic heterocycles. The third-order valence-corrected chi connectivity index (χ3v) is 4.95. The maximum absolute atomic E-state index is 12.2. The minimum absolute atomic E-state index is 0.219. The van der Waals surface area contributed by atoms with Gasteiger partial charge in [0, 0.05) is 31.6 Å². The van der Waals surface area contributed by atoms with Crippen molar-refractivity contribution in [3.63, 3.8) is 0 Å². The molecule has 27 heavy (non-hydrogen) atoms. The number of nitrogens with zero attached hydrogens (tertiary/aromatic N) is 3. The van der Waals surface area contributed by atoms with Crippen LogP contribution >= 0.6 is 0 Å². The lowest BCUT2D eigenvalue weighted by atomic mass is 10.0. The largest absolute Gasteiger partial charge is 0.494 e.